The van der Waals surface area contributed by atoms with Crippen LogP contribution in [0, 0.1) is 5.92 Å². The zero-order chi connectivity index (χ0) is 12.3. The Kier molecular flexibility index (Phi) is 3.82. The highest BCUT2D eigenvalue weighted by Crippen LogP contribution is 2.37. The van der Waals surface area contributed by atoms with E-state index >= 15 is 0 Å². The summed E-state index contributed by atoms with van der Waals surface area (Å²) in [6.07, 6.45) is 7.50. The largest absolute Gasteiger partial charge is 0.339 e. The van der Waals surface area contributed by atoms with Crippen LogP contribution in [0.3, 0.4) is 0 Å². The van der Waals surface area contributed by atoms with Gasteiger partial charge in [0.25, 0.3) is 0 Å². The molecule has 1 aromatic heterocycles. The topological polar surface area (TPSA) is 64.9 Å². The summed E-state index contributed by atoms with van der Waals surface area (Å²) in [4.78, 5) is 4.46. The molecule has 0 bridgehead atoms. The molecule has 0 radical (unpaired) electrons. The van der Waals surface area contributed by atoms with Gasteiger partial charge >= 0.3 is 0 Å². The van der Waals surface area contributed by atoms with Crippen molar-refractivity contribution in [3.05, 3.63) is 11.7 Å². The van der Waals surface area contributed by atoms with E-state index in [1.54, 1.807) is 0 Å². The van der Waals surface area contributed by atoms with Crippen molar-refractivity contribution < 1.29 is 4.52 Å². The predicted octanol–water partition coefficient (Wildman–Crippen LogP) is 2.78. The first-order valence-corrected chi connectivity index (χ1v) is 6.80. The third kappa shape index (κ3) is 2.68. The SMILES string of the molecule is CCCc1nc(C2(N)CCCC(CC)C2)no1. The summed E-state index contributed by atoms with van der Waals surface area (Å²) in [5.74, 6) is 2.16. The van der Waals surface area contributed by atoms with Crippen LogP contribution >= 0.6 is 0 Å². The van der Waals surface area contributed by atoms with Crippen molar-refractivity contribution in [2.75, 3.05) is 0 Å². The zero-order valence-corrected chi connectivity index (χ0v) is 10.9. The first-order chi connectivity index (χ1) is 8.18. The first-order valence-electron chi connectivity index (χ1n) is 6.80. The molecule has 4 heteroatoms. The molecule has 96 valence electrons. The molecule has 2 rings (SSSR count). The minimum Gasteiger partial charge on any atom is -0.339 e. The first kappa shape index (κ1) is 12.6. The maximum absolute atomic E-state index is 6.47. The van der Waals surface area contributed by atoms with Gasteiger partial charge in [-0.3, -0.25) is 0 Å². The van der Waals surface area contributed by atoms with Crippen molar-refractivity contribution >= 4 is 0 Å². The Balaban J connectivity index is 2.12. The van der Waals surface area contributed by atoms with Crippen LogP contribution in [-0.2, 0) is 12.0 Å². The predicted molar refractivity (Wildman–Crippen MR) is 66.4 cm³/mol. The number of hydrogen-bond donors (Lipinski definition) is 1. The number of hydrogen-bond acceptors (Lipinski definition) is 4. The average Bonchev–Trinajstić information content (AvgIpc) is 2.79. The molecule has 1 heterocycles. The Morgan fingerprint density at radius 3 is 3.00 bits per heavy atom. The average molecular weight is 237 g/mol. The summed E-state index contributed by atoms with van der Waals surface area (Å²) >= 11 is 0. The maximum Gasteiger partial charge on any atom is 0.226 e. The van der Waals surface area contributed by atoms with Crippen molar-refractivity contribution in [1.29, 1.82) is 0 Å². The van der Waals surface area contributed by atoms with Crippen LogP contribution in [0.25, 0.3) is 0 Å². The van der Waals surface area contributed by atoms with Crippen molar-refractivity contribution in [2.24, 2.45) is 11.7 Å². The second-order valence-corrected chi connectivity index (χ2v) is 5.29. The molecule has 1 saturated carbocycles. The molecule has 1 aromatic rings. The van der Waals surface area contributed by atoms with Crippen molar-refractivity contribution in [3.8, 4) is 0 Å². The monoisotopic (exact) mass is 237 g/mol. The molecule has 2 atom stereocenters. The van der Waals surface area contributed by atoms with E-state index in [9.17, 15) is 0 Å². The lowest BCUT2D eigenvalue weighted by Crippen LogP contribution is -2.42. The molecule has 4 nitrogen and oxygen atoms in total. The van der Waals surface area contributed by atoms with Gasteiger partial charge in [0.2, 0.25) is 5.89 Å². The number of nitrogens with zero attached hydrogens (tertiary/aromatic N) is 2. The molecule has 2 unspecified atom stereocenters. The van der Waals surface area contributed by atoms with E-state index in [2.05, 4.69) is 24.0 Å². The Bertz CT molecular complexity index is 363. The van der Waals surface area contributed by atoms with Crippen LogP contribution in [0.15, 0.2) is 4.52 Å². The molecule has 17 heavy (non-hydrogen) atoms. The van der Waals surface area contributed by atoms with E-state index in [-0.39, 0.29) is 5.54 Å². The van der Waals surface area contributed by atoms with Gasteiger partial charge in [-0.1, -0.05) is 38.3 Å². The van der Waals surface area contributed by atoms with Gasteiger partial charge in [-0.25, -0.2) is 0 Å². The Morgan fingerprint density at radius 1 is 1.47 bits per heavy atom. The van der Waals surface area contributed by atoms with E-state index in [0.29, 0.717) is 5.92 Å². The molecular formula is C13H23N3O. The van der Waals surface area contributed by atoms with E-state index < -0.39 is 0 Å². The second kappa shape index (κ2) is 5.17. The van der Waals surface area contributed by atoms with E-state index in [1.807, 2.05) is 0 Å². The van der Waals surface area contributed by atoms with Gasteiger partial charge < -0.3 is 10.3 Å². The minimum atomic E-state index is -0.353. The number of nitrogens with two attached hydrogens (primary N) is 1. The van der Waals surface area contributed by atoms with Gasteiger partial charge in [0.15, 0.2) is 5.82 Å². The van der Waals surface area contributed by atoms with Crippen molar-refractivity contribution in [3.63, 3.8) is 0 Å². The van der Waals surface area contributed by atoms with Gasteiger partial charge in [-0.15, -0.1) is 0 Å². The summed E-state index contributed by atoms with van der Waals surface area (Å²) in [5, 5.41) is 4.09. The van der Waals surface area contributed by atoms with Gasteiger partial charge in [0.1, 0.15) is 0 Å². The van der Waals surface area contributed by atoms with Crippen LogP contribution in [0.2, 0.25) is 0 Å². The summed E-state index contributed by atoms with van der Waals surface area (Å²) < 4.78 is 5.25. The van der Waals surface area contributed by atoms with Gasteiger partial charge in [0, 0.05) is 6.42 Å². The standard InChI is InChI=1S/C13H23N3O/c1-3-6-11-15-12(16-17-11)13(14)8-5-7-10(4-2)9-13/h10H,3-9,14H2,1-2H3. The van der Waals surface area contributed by atoms with Gasteiger partial charge in [-0.05, 0) is 25.2 Å². The number of aromatic nitrogens is 2. The highest BCUT2D eigenvalue weighted by atomic mass is 16.5. The zero-order valence-electron chi connectivity index (χ0n) is 10.9. The molecule has 0 amide bonds. The summed E-state index contributed by atoms with van der Waals surface area (Å²) in [6.45, 7) is 4.34. The molecule has 1 fully saturated rings. The molecule has 0 aliphatic heterocycles. The highest BCUT2D eigenvalue weighted by molar-refractivity contribution is 5.06. The Hall–Kier alpha value is -0.900. The summed E-state index contributed by atoms with van der Waals surface area (Å²) in [6, 6.07) is 0. The van der Waals surface area contributed by atoms with E-state index in [1.165, 1.54) is 19.3 Å². The summed E-state index contributed by atoms with van der Waals surface area (Å²) in [7, 11) is 0. The van der Waals surface area contributed by atoms with Gasteiger partial charge in [0.05, 0.1) is 5.54 Å². The normalized spacial score (nSPS) is 29.5. The number of rotatable bonds is 4. The summed E-state index contributed by atoms with van der Waals surface area (Å²) in [5.41, 5.74) is 6.12. The van der Waals surface area contributed by atoms with Crippen molar-refractivity contribution in [1.82, 2.24) is 10.1 Å². The van der Waals surface area contributed by atoms with E-state index in [4.69, 9.17) is 10.3 Å². The van der Waals surface area contributed by atoms with Crippen molar-refractivity contribution in [2.45, 2.75) is 64.3 Å². The lowest BCUT2D eigenvalue weighted by atomic mass is 9.75. The van der Waals surface area contributed by atoms with Gasteiger partial charge in [-0.2, -0.15) is 4.98 Å². The fraction of sp³-hybridized carbons (Fsp3) is 0.846. The molecule has 0 saturated heterocycles. The minimum absolute atomic E-state index is 0.353. The van der Waals surface area contributed by atoms with Crippen LogP contribution in [0.5, 0.6) is 0 Å². The lowest BCUT2D eigenvalue weighted by Gasteiger charge is -2.35. The Labute approximate surface area is 103 Å². The maximum atomic E-state index is 6.47. The third-order valence-corrected chi connectivity index (χ3v) is 3.84. The molecular weight excluding hydrogens is 214 g/mol. The van der Waals surface area contributed by atoms with Crippen LogP contribution < -0.4 is 5.73 Å². The molecule has 0 aromatic carbocycles. The van der Waals surface area contributed by atoms with Crippen LogP contribution in [0.4, 0.5) is 0 Å². The van der Waals surface area contributed by atoms with E-state index in [0.717, 1.165) is 37.4 Å². The smallest absolute Gasteiger partial charge is 0.226 e. The fourth-order valence-electron chi connectivity index (χ4n) is 2.75. The van der Waals surface area contributed by atoms with Crippen LogP contribution in [0.1, 0.15) is 64.1 Å². The fourth-order valence-corrected chi connectivity index (χ4v) is 2.75. The Morgan fingerprint density at radius 2 is 2.29 bits per heavy atom. The molecule has 2 N–H and O–H groups in total. The second-order valence-electron chi connectivity index (χ2n) is 5.29. The number of aryl methyl sites for hydroxylation is 1. The van der Waals surface area contributed by atoms with Crippen LogP contribution in [-0.4, -0.2) is 10.1 Å². The quantitative estimate of drug-likeness (QED) is 0.874. The third-order valence-electron chi connectivity index (χ3n) is 3.84. The molecule has 1 aliphatic rings. The molecule has 0 spiro atoms. The lowest BCUT2D eigenvalue weighted by molar-refractivity contribution is 0.206. The molecule has 1 aliphatic carbocycles. The highest BCUT2D eigenvalue weighted by Gasteiger charge is 2.37.